The Morgan fingerprint density at radius 3 is 2.29 bits per heavy atom. The Kier molecular flexibility index (Phi) is 3.48. The maximum atomic E-state index is 8.72. The average Bonchev–Trinajstić information content (AvgIpc) is 1.68. The summed E-state index contributed by atoms with van der Waals surface area (Å²) < 4.78 is 0. The number of hydrogen-bond donors (Lipinski definition) is 1. The maximum absolute atomic E-state index is 8.72. The van der Waals surface area contributed by atoms with Gasteiger partial charge in [0.2, 0.25) is 0 Å². The lowest BCUT2D eigenvalue weighted by Gasteiger charge is -1.87. The van der Waals surface area contributed by atoms with Gasteiger partial charge >= 0.3 is 0 Å². The van der Waals surface area contributed by atoms with E-state index in [4.69, 9.17) is 5.11 Å². The SMILES string of the molecule is CCC=C(O)CC. The molecule has 1 heteroatoms. The average molecular weight is 100 g/mol. The summed E-state index contributed by atoms with van der Waals surface area (Å²) in [7, 11) is 0. The third-order valence-corrected chi connectivity index (χ3v) is 0.802. The highest BCUT2D eigenvalue weighted by Gasteiger charge is 1.80. The highest BCUT2D eigenvalue weighted by Crippen LogP contribution is 1.94. The van der Waals surface area contributed by atoms with Crippen LogP contribution in [-0.4, -0.2) is 5.11 Å². The van der Waals surface area contributed by atoms with Gasteiger partial charge in [0, 0.05) is 6.42 Å². The van der Waals surface area contributed by atoms with Gasteiger partial charge in [-0.15, -0.1) is 0 Å². The Hall–Kier alpha value is -0.460. The lowest BCUT2D eigenvalue weighted by atomic mass is 10.3. The van der Waals surface area contributed by atoms with E-state index in [0.717, 1.165) is 12.8 Å². The van der Waals surface area contributed by atoms with Gasteiger partial charge in [0.25, 0.3) is 0 Å². The van der Waals surface area contributed by atoms with E-state index in [1.165, 1.54) is 0 Å². The highest BCUT2D eigenvalue weighted by molar-refractivity contribution is 4.87. The molecule has 0 spiro atoms. The molecular weight excluding hydrogens is 88.1 g/mol. The zero-order chi connectivity index (χ0) is 5.70. The molecular formula is C6H12O. The van der Waals surface area contributed by atoms with Gasteiger partial charge in [-0.05, 0) is 12.5 Å². The Morgan fingerprint density at radius 1 is 1.57 bits per heavy atom. The molecule has 7 heavy (non-hydrogen) atoms. The van der Waals surface area contributed by atoms with E-state index in [-0.39, 0.29) is 0 Å². The van der Waals surface area contributed by atoms with Crippen LogP contribution in [0.3, 0.4) is 0 Å². The van der Waals surface area contributed by atoms with Gasteiger partial charge in [-0.1, -0.05) is 13.8 Å². The summed E-state index contributed by atoms with van der Waals surface area (Å²) >= 11 is 0. The zero-order valence-electron chi connectivity index (χ0n) is 4.94. The number of hydrogen-bond acceptors (Lipinski definition) is 1. The van der Waals surface area contributed by atoms with Crippen molar-refractivity contribution in [3.05, 3.63) is 11.8 Å². The van der Waals surface area contributed by atoms with E-state index < -0.39 is 0 Å². The Morgan fingerprint density at radius 2 is 2.14 bits per heavy atom. The molecule has 0 bridgehead atoms. The summed E-state index contributed by atoms with van der Waals surface area (Å²) in [5, 5.41) is 8.72. The van der Waals surface area contributed by atoms with Gasteiger partial charge in [0.05, 0.1) is 5.76 Å². The number of rotatable bonds is 2. The van der Waals surface area contributed by atoms with Crippen LogP contribution in [0.2, 0.25) is 0 Å². The van der Waals surface area contributed by atoms with Gasteiger partial charge in [-0.25, -0.2) is 0 Å². The van der Waals surface area contributed by atoms with Crippen LogP contribution >= 0.6 is 0 Å². The Balaban J connectivity index is 3.29. The fraction of sp³-hybridized carbons (Fsp3) is 0.667. The molecule has 0 amide bonds. The summed E-state index contributed by atoms with van der Waals surface area (Å²) in [6, 6.07) is 0. The van der Waals surface area contributed by atoms with Crippen molar-refractivity contribution in [1.29, 1.82) is 0 Å². The second-order valence-electron chi connectivity index (χ2n) is 1.46. The van der Waals surface area contributed by atoms with Crippen LogP contribution in [0.4, 0.5) is 0 Å². The van der Waals surface area contributed by atoms with Crippen molar-refractivity contribution >= 4 is 0 Å². The fourth-order valence-electron chi connectivity index (χ4n) is 0.380. The molecule has 0 aromatic heterocycles. The van der Waals surface area contributed by atoms with Crippen molar-refractivity contribution < 1.29 is 5.11 Å². The van der Waals surface area contributed by atoms with E-state index in [0.29, 0.717) is 5.76 Å². The summed E-state index contributed by atoms with van der Waals surface area (Å²) in [6.45, 7) is 3.94. The molecule has 0 aliphatic heterocycles. The normalized spacial score (nSPS) is 12.0. The van der Waals surface area contributed by atoms with E-state index >= 15 is 0 Å². The van der Waals surface area contributed by atoms with Crippen molar-refractivity contribution in [2.24, 2.45) is 0 Å². The van der Waals surface area contributed by atoms with E-state index in [1.54, 1.807) is 0 Å². The van der Waals surface area contributed by atoms with Crippen molar-refractivity contribution in [3.63, 3.8) is 0 Å². The van der Waals surface area contributed by atoms with Crippen LogP contribution < -0.4 is 0 Å². The third kappa shape index (κ3) is 3.37. The molecule has 0 fully saturated rings. The molecule has 0 aliphatic carbocycles. The first-order valence-corrected chi connectivity index (χ1v) is 2.69. The van der Waals surface area contributed by atoms with Crippen molar-refractivity contribution in [3.8, 4) is 0 Å². The van der Waals surface area contributed by atoms with Crippen molar-refractivity contribution in [1.82, 2.24) is 0 Å². The van der Waals surface area contributed by atoms with E-state index in [9.17, 15) is 0 Å². The molecule has 0 heterocycles. The molecule has 0 aromatic rings. The highest BCUT2D eigenvalue weighted by atomic mass is 16.3. The number of aliphatic hydroxyl groups excluding tert-OH is 1. The van der Waals surface area contributed by atoms with Crippen LogP contribution in [0.5, 0.6) is 0 Å². The standard InChI is InChI=1S/C6H12O/c1-3-5-6(7)4-2/h5,7H,3-4H2,1-2H3. The molecule has 0 rings (SSSR count). The molecule has 42 valence electrons. The Labute approximate surface area is 44.7 Å². The van der Waals surface area contributed by atoms with E-state index in [1.807, 2.05) is 19.9 Å². The van der Waals surface area contributed by atoms with E-state index in [2.05, 4.69) is 0 Å². The van der Waals surface area contributed by atoms with Crippen molar-refractivity contribution in [2.75, 3.05) is 0 Å². The largest absolute Gasteiger partial charge is 0.513 e. The van der Waals surface area contributed by atoms with Gasteiger partial charge in [-0.3, -0.25) is 0 Å². The zero-order valence-corrected chi connectivity index (χ0v) is 4.94. The summed E-state index contributed by atoms with van der Waals surface area (Å²) in [6.07, 6.45) is 3.51. The molecule has 0 radical (unpaired) electrons. The quantitative estimate of drug-likeness (QED) is 0.527. The van der Waals surface area contributed by atoms with Crippen LogP contribution in [0, 0.1) is 0 Å². The molecule has 0 aromatic carbocycles. The first kappa shape index (κ1) is 6.54. The van der Waals surface area contributed by atoms with Crippen molar-refractivity contribution in [2.45, 2.75) is 26.7 Å². The first-order valence-electron chi connectivity index (χ1n) is 2.69. The predicted molar refractivity (Wildman–Crippen MR) is 31.3 cm³/mol. The second-order valence-corrected chi connectivity index (χ2v) is 1.46. The van der Waals surface area contributed by atoms with Crippen LogP contribution in [0.25, 0.3) is 0 Å². The number of allylic oxidation sites excluding steroid dienone is 2. The van der Waals surface area contributed by atoms with Crippen LogP contribution in [0.15, 0.2) is 11.8 Å². The molecule has 1 N–H and O–H groups in total. The van der Waals surface area contributed by atoms with Gasteiger partial charge < -0.3 is 5.11 Å². The Bertz CT molecular complexity index is 64.6. The molecule has 0 saturated heterocycles. The summed E-state index contributed by atoms with van der Waals surface area (Å²) in [5.74, 6) is 0.502. The smallest absolute Gasteiger partial charge is 0.0880 e. The lowest BCUT2D eigenvalue weighted by Crippen LogP contribution is -1.73. The lowest BCUT2D eigenvalue weighted by molar-refractivity contribution is 0.392. The van der Waals surface area contributed by atoms with Gasteiger partial charge in [-0.2, -0.15) is 0 Å². The maximum Gasteiger partial charge on any atom is 0.0880 e. The minimum Gasteiger partial charge on any atom is -0.513 e. The monoisotopic (exact) mass is 100 g/mol. The van der Waals surface area contributed by atoms with Crippen LogP contribution in [0.1, 0.15) is 26.7 Å². The molecule has 0 atom stereocenters. The molecule has 0 aliphatic rings. The predicted octanol–water partition coefficient (Wildman–Crippen LogP) is 2.25. The molecule has 0 saturated carbocycles. The fourth-order valence-corrected chi connectivity index (χ4v) is 0.380. The second kappa shape index (κ2) is 3.72. The topological polar surface area (TPSA) is 20.2 Å². The summed E-state index contributed by atoms with van der Waals surface area (Å²) in [5.41, 5.74) is 0. The minimum absolute atomic E-state index is 0.502. The third-order valence-electron chi connectivity index (χ3n) is 0.802. The van der Waals surface area contributed by atoms with Crippen LogP contribution in [-0.2, 0) is 0 Å². The minimum atomic E-state index is 0.502. The van der Waals surface area contributed by atoms with Gasteiger partial charge in [0.1, 0.15) is 0 Å². The van der Waals surface area contributed by atoms with Gasteiger partial charge in [0.15, 0.2) is 0 Å². The number of aliphatic hydroxyl groups is 1. The molecule has 1 nitrogen and oxygen atoms in total. The first-order chi connectivity index (χ1) is 3.31. The summed E-state index contributed by atoms with van der Waals surface area (Å²) in [4.78, 5) is 0. The molecule has 0 unspecified atom stereocenters.